The highest BCUT2D eigenvalue weighted by Crippen LogP contribution is 2.21. The van der Waals surface area contributed by atoms with Crippen molar-refractivity contribution in [3.63, 3.8) is 0 Å². The van der Waals surface area contributed by atoms with Crippen molar-refractivity contribution in [1.82, 2.24) is 20.3 Å². The van der Waals surface area contributed by atoms with Gasteiger partial charge >= 0.3 is 0 Å². The van der Waals surface area contributed by atoms with E-state index in [1.54, 1.807) is 0 Å². The van der Waals surface area contributed by atoms with Crippen LogP contribution in [0.5, 0.6) is 0 Å². The summed E-state index contributed by atoms with van der Waals surface area (Å²) in [5.41, 5.74) is 1.94. The number of aromatic nitrogens is 3. The van der Waals surface area contributed by atoms with Crippen LogP contribution in [0.2, 0.25) is 0 Å². The zero-order chi connectivity index (χ0) is 11.7. The number of aryl methyl sites for hydroxylation is 1. The maximum absolute atomic E-state index is 5.32. The van der Waals surface area contributed by atoms with Gasteiger partial charge in [0.25, 0.3) is 0 Å². The van der Waals surface area contributed by atoms with E-state index in [4.69, 9.17) is 4.52 Å². The highest BCUT2D eigenvalue weighted by Gasteiger charge is 2.20. The van der Waals surface area contributed by atoms with Gasteiger partial charge in [-0.15, -0.1) is 0 Å². The molecule has 5 nitrogen and oxygen atoms in total. The minimum Gasteiger partial charge on any atom is -0.356 e. The number of rotatable bonds is 5. The first-order valence-electron chi connectivity index (χ1n) is 6.07. The van der Waals surface area contributed by atoms with Crippen LogP contribution in [0.15, 0.2) is 23.0 Å². The minimum atomic E-state index is 0.693. The maximum Gasteiger partial charge on any atom is 0.170 e. The van der Waals surface area contributed by atoms with Gasteiger partial charge in [-0.25, -0.2) is 0 Å². The number of nitrogens with zero attached hydrogens (tertiary/aromatic N) is 3. The van der Waals surface area contributed by atoms with E-state index >= 15 is 0 Å². The quantitative estimate of drug-likeness (QED) is 0.854. The van der Waals surface area contributed by atoms with Crippen molar-refractivity contribution < 1.29 is 4.52 Å². The predicted octanol–water partition coefficient (Wildman–Crippen LogP) is 1.81. The summed E-state index contributed by atoms with van der Waals surface area (Å²) >= 11 is 0. The molecule has 2 heterocycles. The van der Waals surface area contributed by atoms with Crippen LogP contribution in [-0.4, -0.2) is 21.0 Å². The molecule has 0 saturated heterocycles. The van der Waals surface area contributed by atoms with E-state index in [2.05, 4.69) is 22.5 Å². The standard InChI is InChI=1S/C12H16N4O/c1-2-16-8-9(6-14-16)12-5-11(15-17-12)7-13-10-3-4-10/h5-6,8,10,13H,2-4,7H2,1H3. The summed E-state index contributed by atoms with van der Waals surface area (Å²) in [6.45, 7) is 3.71. The fourth-order valence-corrected chi connectivity index (χ4v) is 1.73. The zero-order valence-electron chi connectivity index (χ0n) is 9.89. The summed E-state index contributed by atoms with van der Waals surface area (Å²) < 4.78 is 7.19. The van der Waals surface area contributed by atoms with Crippen LogP contribution in [0.25, 0.3) is 11.3 Å². The second-order valence-electron chi connectivity index (χ2n) is 4.42. The fourth-order valence-electron chi connectivity index (χ4n) is 1.73. The fraction of sp³-hybridized carbons (Fsp3) is 0.500. The Hall–Kier alpha value is -1.62. The van der Waals surface area contributed by atoms with E-state index in [-0.39, 0.29) is 0 Å². The molecule has 0 unspecified atom stereocenters. The van der Waals surface area contributed by atoms with Crippen LogP contribution in [0.3, 0.4) is 0 Å². The van der Waals surface area contributed by atoms with E-state index in [0.717, 1.165) is 30.1 Å². The summed E-state index contributed by atoms with van der Waals surface area (Å²) in [6.07, 6.45) is 6.35. The second-order valence-corrected chi connectivity index (χ2v) is 4.42. The van der Waals surface area contributed by atoms with Gasteiger partial charge in [0.05, 0.1) is 17.5 Å². The molecule has 0 bridgehead atoms. The van der Waals surface area contributed by atoms with E-state index < -0.39 is 0 Å². The topological polar surface area (TPSA) is 55.9 Å². The summed E-state index contributed by atoms with van der Waals surface area (Å²) in [7, 11) is 0. The average Bonchev–Trinajstić information content (AvgIpc) is 2.89. The van der Waals surface area contributed by atoms with E-state index in [1.807, 2.05) is 23.1 Å². The molecule has 0 spiro atoms. The van der Waals surface area contributed by atoms with Gasteiger partial charge in [0.15, 0.2) is 5.76 Å². The van der Waals surface area contributed by atoms with Crippen molar-refractivity contribution >= 4 is 0 Å². The van der Waals surface area contributed by atoms with E-state index in [9.17, 15) is 0 Å². The van der Waals surface area contributed by atoms with Gasteiger partial charge in [0, 0.05) is 31.4 Å². The lowest BCUT2D eigenvalue weighted by molar-refractivity contribution is 0.420. The minimum absolute atomic E-state index is 0.693. The highest BCUT2D eigenvalue weighted by molar-refractivity contribution is 5.54. The van der Waals surface area contributed by atoms with Gasteiger partial charge in [-0.1, -0.05) is 5.16 Å². The Morgan fingerprint density at radius 1 is 1.53 bits per heavy atom. The predicted molar refractivity (Wildman–Crippen MR) is 63.3 cm³/mol. The molecule has 2 aromatic rings. The van der Waals surface area contributed by atoms with Crippen LogP contribution in [0.1, 0.15) is 25.5 Å². The summed E-state index contributed by atoms with van der Waals surface area (Å²) in [4.78, 5) is 0. The molecule has 1 fully saturated rings. The Bertz CT molecular complexity index is 498. The third-order valence-electron chi connectivity index (χ3n) is 2.95. The smallest absolute Gasteiger partial charge is 0.170 e. The van der Waals surface area contributed by atoms with Crippen LogP contribution in [0, 0.1) is 0 Å². The molecule has 17 heavy (non-hydrogen) atoms. The largest absolute Gasteiger partial charge is 0.356 e. The Balaban J connectivity index is 1.69. The van der Waals surface area contributed by atoms with Crippen LogP contribution in [0.4, 0.5) is 0 Å². The molecule has 3 rings (SSSR count). The maximum atomic E-state index is 5.32. The molecule has 2 aromatic heterocycles. The lowest BCUT2D eigenvalue weighted by Gasteiger charge is -1.95. The van der Waals surface area contributed by atoms with Gasteiger partial charge in [-0.2, -0.15) is 5.10 Å². The monoisotopic (exact) mass is 232 g/mol. The number of hydrogen-bond donors (Lipinski definition) is 1. The molecule has 0 amide bonds. The van der Waals surface area contributed by atoms with Gasteiger partial charge in [-0.05, 0) is 19.8 Å². The molecule has 1 N–H and O–H groups in total. The Kier molecular flexibility index (Phi) is 2.68. The Morgan fingerprint density at radius 3 is 3.12 bits per heavy atom. The average molecular weight is 232 g/mol. The molecule has 0 aromatic carbocycles. The van der Waals surface area contributed by atoms with E-state index in [1.165, 1.54) is 12.8 Å². The zero-order valence-corrected chi connectivity index (χ0v) is 9.89. The van der Waals surface area contributed by atoms with Crippen molar-refractivity contribution in [2.75, 3.05) is 0 Å². The third kappa shape index (κ3) is 2.39. The molecule has 1 saturated carbocycles. The lowest BCUT2D eigenvalue weighted by Crippen LogP contribution is -2.15. The molecule has 90 valence electrons. The Labute approximate surface area is 99.8 Å². The molecule has 0 radical (unpaired) electrons. The molecular weight excluding hydrogens is 216 g/mol. The van der Waals surface area contributed by atoms with Crippen molar-refractivity contribution in [2.45, 2.75) is 38.9 Å². The summed E-state index contributed by atoms with van der Waals surface area (Å²) in [5.74, 6) is 0.789. The van der Waals surface area contributed by atoms with Gasteiger partial charge in [0.1, 0.15) is 0 Å². The molecular formula is C12H16N4O. The van der Waals surface area contributed by atoms with Gasteiger partial charge in [-0.3, -0.25) is 4.68 Å². The Morgan fingerprint density at radius 2 is 2.41 bits per heavy atom. The lowest BCUT2D eigenvalue weighted by atomic mass is 10.2. The third-order valence-corrected chi connectivity index (χ3v) is 2.95. The molecule has 1 aliphatic carbocycles. The summed E-state index contributed by atoms with van der Waals surface area (Å²) in [5, 5.41) is 11.7. The van der Waals surface area contributed by atoms with Crippen LogP contribution >= 0.6 is 0 Å². The molecule has 1 aliphatic rings. The first-order valence-corrected chi connectivity index (χ1v) is 6.07. The molecule has 0 aliphatic heterocycles. The first kappa shape index (κ1) is 10.5. The summed E-state index contributed by atoms with van der Waals surface area (Å²) in [6, 6.07) is 2.67. The van der Waals surface area contributed by atoms with Crippen molar-refractivity contribution in [3.8, 4) is 11.3 Å². The number of nitrogens with one attached hydrogen (secondary N) is 1. The van der Waals surface area contributed by atoms with Gasteiger partial charge < -0.3 is 9.84 Å². The van der Waals surface area contributed by atoms with Crippen LogP contribution < -0.4 is 5.32 Å². The number of hydrogen-bond acceptors (Lipinski definition) is 4. The van der Waals surface area contributed by atoms with Crippen molar-refractivity contribution in [1.29, 1.82) is 0 Å². The molecule has 5 heteroatoms. The highest BCUT2D eigenvalue weighted by atomic mass is 16.5. The van der Waals surface area contributed by atoms with E-state index in [0.29, 0.717) is 6.04 Å². The molecule has 0 atom stereocenters. The van der Waals surface area contributed by atoms with Crippen LogP contribution in [-0.2, 0) is 13.1 Å². The SMILES string of the molecule is CCn1cc(-c2cc(CNC3CC3)no2)cn1. The van der Waals surface area contributed by atoms with Crippen molar-refractivity contribution in [3.05, 3.63) is 24.2 Å². The van der Waals surface area contributed by atoms with Crippen molar-refractivity contribution in [2.24, 2.45) is 0 Å². The first-order chi connectivity index (χ1) is 8.35. The van der Waals surface area contributed by atoms with Gasteiger partial charge in [0.2, 0.25) is 0 Å². The normalized spacial score (nSPS) is 15.4. The second kappa shape index (κ2) is 4.33.